The molecule has 4 atom stereocenters. The van der Waals surface area contributed by atoms with Crippen molar-refractivity contribution in [2.45, 2.75) is 39.0 Å². The Morgan fingerprint density at radius 2 is 1.44 bits per heavy atom. The van der Waals surface area contributed by atoms with Gasteiger partial charge < -0.3 is 0 Å². The molecule has 0 unspecified atom stereocenters. The lowest BCUT2D eigenvalue weighted by Gasteiger charge is -2.43. The molecule has 136 valence electrons. The average molecular weight is 359 g/mol. The zero-order valence-electron chi connectivity index (χ0n) is 15.7. The molecule has 6 rings (SSSR count). The predicted octanol–water partition coefficient (Wildman–Crippen LogP) is 3.57. The Bertz CT molecular complexity index is 1010. The number of aryl methyl sites for hydroxylation is 3. The van der Waals surface area contributed by atoms with Gasteiger partial charge in [-0.05, 0) is 43.0 Å². The van der Waals surface area contributed by atoms with Gasteiger partial charge in [0.1, 0.15) is 5.78 Å². The Kier molecular flexibility index (Phi) is 3.27. The van der Waals surface area contributed by atoms with Crippen LogP contribution in [0.15, 0.2) is 36.4 Å². The number of ketones is 1. The van der Waals surface area contributed by atoms with Gasteiger partial charge in [0.25, 0.3) is 0 Å². The largest absolute Gasteiger partial charge is 0.299 e. The second kappa shape index (κ2) is 5.38. The van der Waals surface area contributed by atoms with E-state index in [2.05, 4.69) is 0 Å². The molecular formula is C23H21NO3. The van der Waals surface area contributed by atoms with Crippen LogP contribution in [0.3, 0.4) is 0 Å². The van der Waals surface area contributed by atoms with Crippen molar-refractivity contribution in [3.8, 4) is 0 Å². The normalized spacial score (nSPS) is 28.6. The van der Waals surface area contributed by atoms with Gasteiger partial charge in [-0.3, -0.25) is 14.4 Å². The number of fused-ring (bicyclic) bond motifs is 1. The first-order chi connectivity index (χ1) is 12.9. The van der Waals surface area contributed by atoms with Crippen LogP contribution >= 0.6 is 0 Å². The van der Waals surface area contributed by atoms with Crippen LogP contribution in [-0.4, -0.2) is 17.6 Å². The van der Waals surface area contributed by atoms with Crippen LogP contribution in [0.5, 0.6) is 0 Å². The number of benzene rings is 2. The van der Waals surface area contributed by atoms with Gasteiger partial charge in [0.15, 0.2) is 0 Å². The Labute approximate surface area is 158 Å². The van der Waals surface area contributed by atoms with Gasteiger partial charge in [-0.1, -0.05) is 42.0 Å². The third-order valence-electron chi connectivity index (χ3n) is 6.55. The van der Waals surface area contributed by atoms with E-state index in [9.17, 15) is 14.4 Å². The summed E-state index contributed by atoms with van der Waals surface area (Å²) < 4.78 is 0. The Balaban J connectivity index is 1.68. The number of hydrogen-bond acceptors (Lipinski definition) is 3. The van der Waals surface area contributed by atoms with E-state index in [0.29, 0.717) is 12.1 Å². The van der Waals surface area contributed by atoms with E-state index in [1.165, 1.54) is 4.90 Å². The summed E-state index contributed by atoms with van der Waals surface area (Å²) >= 11 is 0. The van der Waals surface area contributed by atoms with Gasteiger partial charge in [-0.2, -0.15) is 0 Å². The SMILES string of the molecule is Cc1cc(C)c(N2C(=O)[C@@H]3[C@@H](C2=O)[C@H]2C(=O)C[C@H]3c3ccccc32)c(C)c1. The van der Waals surface area contributed by atoms with Crippen molar-refractivity contribution in [2.24, 2.45) is 11.8 Å². The topological polar surface area (TPSA) is 54.5 Å². The summed E-state index contributed by atoms with van der Waals surface area (Å²) in [6, 6.07) is 11.8. The number of nitrogens with zero attached hydrogens (tertiary/aromatic N) is 1. The molecule has 3 aliphatic carbocycles. The number of amides is 2. The molecule has 0 aromatic heterocycles. The summed E-state index contributed by atoms with van der Waals surface area (Å²) in [6.07, 6.45) is 0.363. The fraction of sp³-hybridized carbons (Fsp3) is 0.348. The van der Waals surface area contributed by atoms with Gasteiger partial charge >= 0.3 is 0 Å². The first-order valence-corrected chi connectivity index (χ1v) is 9.47. The van der Waals surface area contributed by atoms with Gasteiger partial charge in [0, 0.05) is 12.3 Å². The molecule has 4 nitrogen and oxygen atoms in total. The summed E-state index contributed by atoms with van der Waals surface area (Å²) in [5.41, 5.74) is 5.66. The first kappa shape index (κ1) is 16.4. The number of Topliss-reactive ketones (excluding diaryl/α,β-unsaturated/α-hetero) is 1. The van der Waals surface area contributed by atoms with Crippen LogP contribution in [0.25, 0.3) is 0 Å². The fourth-order valence-electron chi connectivity index (χ4n) is 5.70. The Morgan fingerprint density at radius 3 is 2.11 bits per heavy atom. The minimum Gasteiger partial charge on any atom is -0.299 e. The quantitative estimate of drug-likeness (QED) is 0.732. The van der Waals surface area contributed by atoms with Crippen molar-refractivity contribution >= 4 is 23.3 Å². The smallest absolute Gasteiger partial charge is 0.238 e. The minimum absolute atomic E-state index is 0.0975. The van der Waals surface area contributed by atoms with Crippen molar-refractivity contribution in [1.29, 1.82) is 0 Å². The lowest BCUT2D eigenvalue weighted by Crippen LogP contribution is -2.44. The molecule has 1 saturated carbocycles. The van der Waals surface area contributed by atoms with Crippen molar-refractivity contribution < 1.29 is 14.4 Å². The lowest BCUT2D eigenvalue weighted by atomic mass is 9.56. The summed E-state index contributed by atoms with van der Waals surface area (Å²) in [5, 5.41) is 0. The molecule has 2 bridgehead atoms. The molecule has 1 heterocycles. The second-order valence-electron chi connectivity index (χ2n) is 8.19. The third-order valence-corrected chi connectivity index (χ3v) is 6.55. The lowest BCUT2D eigenvalue weighted by molar-refractivity contribution is -0.134. The maximum Gasteiger partial charge on any atom is 0.238 e. The number of carbonyl (C=O) groups excluding carboxylic acids is 3. The van der Waals surface area contributed by atoms with E-state index in [1.807, 2.05) is 57.2 Å². The summed E-state index contributed by atoms with van der Waals surface area (Å²) in [5.74, 6) is -1.90. The zero-order chi connectivity index (χ0) is 19.0. The molecule has 1 aliphatic heterocycles. The van der Waals surface area contributed by atoms with E-state index < -0.39 is 17.8 Å². The maximum absolute atomic E-state index is 13.4. The van der Waals surface area contributed by atoms with Gasteiger partial charge in [0.2, 0.25) is 11.8 Å². The van der Waals surface area contributed by atoms with E-state index in [4.69, 9.17) is 0 Å². The van der Waals surface area contributed by atoms with Crippen LogP contribution in [-0.2, 0) is 14.4 Å². The monoisotopic (exact) mass is 359 g/mol. The summed E-state index contributed by atoms with van der Waals surface area (Å²) in [6.45, 7) is 5.88. The van der Waals surface area contributed by atoms with Gasteiger partial charge in [-0.15, -0.1) is 0 Å². The van der Waals surface area contributed by atoms with Crippen LogP contribution in [0.2, 0.25) is 0 Å². The molecule has 2 aromatic carbocycles. The summed E-state index contributed by atoms with van der Waals surface area (Å²) in [4.78, 5) is 41.0. The fourth-order valence-corrected chi connectivity index (χ4v) is 5.70. The predicted molar refractivity (Wildman–Crippen MR) is 102 cm³/mol. The molecule has 1 saturated heterocycles. The maximum atomic E-state index is 13.4. The number of anilines is 1. The van der Waals surface area contributed by atoms with E-state index in [-0.39, 0.29) is 23.5 Å². The number of hydrogen-bond donors (Lipinski definition) is 0. The third kappa shape index (κ3) is 2.01. The van der Waals surface area contributed by atoms with Crippen LogP contribution in [0, 0.1) is 32.6 Å². The molecule has 0 N–H and O–H groups in total. The average Bonchev–Trinajstić information content (AvgIpc) is 2.87. The molecular weight excluding hydrogens is 338 g/mol. The molecule has 2 amide bonds. The van der Waals surface area contributed by atoms with Crippen LogP contribution < -0.4 is 4.90 Å². The van der Waals surface area contributed by atoms with Crippen molar-refractivity contribution in [1.82, 2.24) is 0 Å². The minimum atomic E-state index is -0.557. The Hall–Kier alpha value is -2.75. The van der Waals surface area contributed by atoms with Crippen LogP contribution in [0.4, 0.5) is 5.69 Å². The van der Waals surface area contributed by atoms with E-state index in [1.54, 1.807) is 0 Å². The van der Waals surface area contributed by atoms with Gasteiger partial charge in [-0.25, -0.2) is 4.90 Å². The number of rotatable bonds is 1. The molecule has 0 spiro atoms. The standard InChI is InChI=1S/C23H21NO3/c1-11-8-12(2)21(13(3)9-11)24-22(26)19-16-10-17(25)18(20(19)23(24)27)15-7-5-4-6-14(15)16/h4-9,16,18-20H,10H2,1-3H3/t16-,18+,19-,20-/m0/s1. The highest BCUT2D eigenvalue weighted by atomic mass is 16.2. The molecule has 2 fully saturated rings. The summed E-state index contributed by atoms with van der Waals surface area (Å²) in [7, 11) is 0. The van der Waals surface area contributed by atoms with E-state index in [0.717, 1.165) is 27.8 Å². The Morgan fingerprint density at radius 1 is 0.852 bits per heavy atom. The zero-order valence-corrected chi connectivity index (χ0v) is 15.7. The molecule has 0 radical (unpaired) electrons. The van der Waals surface area contributed by atoms with Crippen molar-refractivity contribution in [3.63, 3.8) is 0 Å². The van der Waals surface area contributed by atoms with Gasteiger partial charge in [0.05, 0.1) is 23.4 Å². The molecule has 4 heteroatoms. The molecule has 27 heavy (non-hydrogen) atoms. The van der Waals surface area contributed by atoms with E-state index >= 15 is 0 Å². The highest BCUT2D eigenvalue weighted by molar-refractivity contribution is 6.25. The van der Waals surface area contributed by atoms with Crippen molar-refractivity contribution in [3.05, 3.63) is 64.2 Å². The highest BCUT2D eigenvalue weighted by Crippen LogP contribution is 2.58. The second-order valence-corrected chi connectivity index (χ2v) is 8.19. The first-order valence-electron chi connectivity index (χ1n) is 9.47. The molecule has 4 aliphatic rings. The van der Waals surface area contributed by atoms with Crippen molar-refractivity contribution in [2.75, 3.05) is 4.90 Å². The molecule has 2 aromatic rings. The van der Waals surface area contributed by atoms with Crippen LogP contribution in [0.1, 0.15) is 46.1 Å². The number of imide groups is 1. The number of carbonyl (C=O) groups is 3. The highest BCUT2D eigenvalue weighted by Gasteiger charge is 2.62.